The second kappa shape index (κ2) is 3.40. The van der Waals surface area contributed by atoms with Gasteiger partial charge in [0.1, 0.15) is 0 Å². The van der Waals surface area contributed by atoms with Gasteiger partial charge in [0.15, 0.2) is 0 Å². The Morgan fingerprint density at radius 2 is 1.73 bits per heavy atom. The van der Waals surface area contributed by atoms with Crippen LogP contribution in [0.15, 0.2) is 30.3 Å². The molecule has 1 aromatic carbocycles. The number of carbonyl (C=O) groups excluding carboxylic acids is 2. The molecule has 4 nitrogen and oxygen atoms in total. The highest BCUT2D eigenvalue weighted by molar-refractivity contribution is 6.63. The second-order valence-corrected chi connectivity index (χ2v) is 4.26. The summed E-state index contributed by atoms with van der Waals surface area (Å²) < 4.78 is -1.88. The number of hydrogen-bond donors (Lipinski definition) is 1. The molecule has 0 aromatic heterocycles. The highest BCUT2D eigenvalue weighted by Crippen LogP contribution is 2.35. The van der Waals surface area contributed by atoms with Crippen LogP contribution < -0.4 is 10.2 Å². The third-order valence-corrected chi connectivity index (χ3v) is 2.67. The van der Waals surface area contributed by atoms with E-state index >= 15 is 0 Å². The molecule has 0 spiro atoms. The van der Waals surface area contributed by atoms with E-state index in [0.29, 0.717) is 5.69 Å². The van der Waals surface area contributed by atoms with Crippen molar-refractivity contribution in [2.45, 2.75) is 4.46 Å². The summed E-state index contributed by atoms with van der Waals surface area (Å²) in [5.41, 5.74) is 0.464. The van der Waals surface area contributed by atoms with Gasteiger partial charge in [0.05, 0.1) is 0 Å². The summed E-state index contributed by atoms with van der Waals surface area (Å²) in [5, 5.41) is 2.04. The quantitative estimate of drug-likeness (QED) is 0.466. The minimum Gasteiger partial charge on any atom is -0.273 e. The fourth-order valence-electron chi connectivity index (χ4n) is 1.31. The van der Waals surface area contributed by atoms with Gasteiger partial charge in [-0.2, -0.15) is 0 Å². The van der Waals surface area contributed by atoms with Crippen LogP contribution in [0.3, 0.4) is 0 Å². The smallest absolute Gasteiger partial charge is 0.273 e. The van der Waals surface area contributed by atoms with Crippen molar-refractivity contribution in [2.75, 3.05) is 4.90 Å². The van der Waals surface area contributed by atoms with Crippen molar-refractivity contribution in [1.82, 2.24) is 5.32 Å². The first kappa shape index (κ1) is 10.3. The fraction of sp³-hybridized carbons (Fsp3) is 0.111. The predicted octanol–water partition coefficient (Wildman–Crippen LogP) is 1.87. The molecule has 0 unspecified atom stereocenters. The van der Waals surface area contributed by atoms with Crippen molar-refractivity contribution in [1.29, 1.82) is 0 Å². The molecule has 3 amide bonds. The zero-order valence-electron chi connectivity index (χ0n) is 7.41. The SMILES string of the molecule is O=C1NC(=O)C(Cl)(Cl)N1c1ccccc1. The molecule has 1 aliphatic heterocycles. The third-order valence-electron chi connectivity index (χ3n) is 1.99. The highest BCUT2D eigenvalue weighted by Gasteiger charge is 2.51. The summed E-state index contributed by atoms with van der Waals surface area (Å²) >= 11 is 11.5. The molecule has 0 atom stereocenters. The number of hydrogen-bond acceptors (Lipinski definition) is 2. The Balaban J connectivity index is 2.45. The first-order valence-electron chi connectivity index (χ1n) is 4.12. The van der Waals surface area contributed by atoms with E-state index in [9.17, 15) is 9.59 Å². The van der Waals surface area contributed by atoms with E-state index in [1.165, 1.54) is 0 Å². The molecular weight excluding hydrogens is 239 g/mol. The van der Waals surface area contributed by atoms with Gasteiger partial charge < -0.3 is 0 Å². The Morgan fingerprint density at radius 1 is 1.13 bits per heavy atom. The van der Waals surface area contributed by atoms with Crippen molar-refractivity contribution >= 4 is 40.8 Å². The summed E-state index contributed by atoms with van der Waals surface area (Å²) in [6.45, 7) is 0. The maximum absolute atomic E-state index is 11.4. The van der Waals surface area contributed by atoms with Gasteiger partial charge in [0.25, 0.3) is 10.4 Å². The van der Waals surface area contributed by atoms with Crippen molar-refractivity contribution in [2.24, 2.45) is 0 Å². The summed E-state index contributed by atoms with van der Waals surface area (Å²) in [5.74, 6) is -0.736. The molecule has 1 aliphatic rings. The fourth-order valence-corrected chi connectivity index (χ4v) is 1.76. The number of rotatable bonds is 1. The van der Waals surface area contributed by atoms with Gasteiger partial charge in [-0.1, -0.05) is 41.4 Å². The highest BCUT2D eigenvalue weighted by atomic mass is 35.5. The van der Waals surface area contributed by atoms with Crippen molar-refractivity contribution in [3.05, 3.63) is 30.3 Å². The molecule has 0 aliphatic carbocycles. The van der Waals surface area contributed by atoms with Gasteiger partial charge in [-0.15, -0.1) is 0 Å². The van der Waals surface area contributed by atoms with Crippen LogP contribution in [0.25, 0.3) is 0 Å². The number of benzene rings is 1. The molecule has 15 heavy (non-hydrogen) atoms. The first-order chi connectivity index (χ1) is 7.03. The van der Waals surface area contributed by atoms with Crippen LogP contribution >= 0.6 is 23.2 Å². The number of urea groups is 1. The standard InChI is InChI=1S/C9H6Cl2N2O2/c10-9(11)7(14)12-8(15)13(9)6-4-2-1-3-5-6/h1-5H,(H,12,14,15). The van der Waals surface area contributed by atoms with Crippen LogP contribution in [-0.2, 0) is 4.79 Å². The molecule has 1 saturated heterocycles. The lowest BCUT2D eigenvalue weighted by Gasteiger charge is -2.23. The summed E-state index contributed by atoms with van der Waals surface area (Å²) in [6, 6.07) is 7.86. The van der Waals surface area contributed by atoms with Crippen molar-refractivity contribution < 1.29 is 9.59 Å². The van der Waals surface area contributed by atoms with Crippen LogP contribution in [0.4, 0.5) is 10.5 Å². The Labute approximate surface area is 95.8 Å². The van der Waals surface area contributed by atoms with E-state index < -0.39 is 16.4 Å². The molecule has 2 rings (SSSR count). The van der Waals surface area contributed by atoms with Gasteiger partial charge in [0.2, 0.25) is 0 Å². The van der Waals surface area contributed by atoms with Gasteiger partial charge in [0, 0.05) is 5.69 Å². The number of halogens is 2. The lowest BCUT2D eigenvalue weighted by molar-refractivity contribution is -0.119. The molecule has 0 radical (unpaired) electrons. The van der Waals surface area contributed by atoms with Gasteiger partial charge >= 0.3 is 6.03 Å². The number of para-hydroxylation sites is 1. The third kappa shape index (κ3) is 1.56. The van der Waals surface area contributed by atoms with Gasteiger partial charge in [-0.3, -0.25) is 15.0 Å². The zero-order chi connectivity index (χ0) is 11.1. The number of nitrogens with zero attached hydrogens (tertiary/aromatic N) is 1. The molecule has 1 fully saturated rings. The Morgan fingerprint density at radius 3 is 2.20 bits per heavy atom. The predicted molar refractivity (Wildman–Crippen MR) is 56.9 cm³/mol. The molecule has 1 N–H and O–H groups in total. The maximum Gasteiger partial charge on any atom is 0.331 e. The average molecular weight is 245 g/mol. The average Bonchev–Trinajstić information content (AvgIpc) is 2.37. The van der Waals surface area contributed by atoms with E-state index in [-0.39, 0.29) is 0 Å². The Hall–Kier alpha value is -1.26. The Bertz CT molecular complexity index is 419. The summed E-state index contributed by atoms with van der Waals surface area (Å²) in [7, 11) is 0. The van der Waals surface area contributed by atoms with Gasteiger partial charge in [-0.05, 0) is 12.1 Å². The molecule has 6 heteroatoms. The van der Waals surface area contributed by atoms with Crippen LogP contribution in [0, 0.1) is 0 Å². The number of anilines is 1. The summed E-state index contributed by atoms with van der Waals surface area (Å²) in [4.78, 5) is 23.7. The first-order valence-corrected chi connectivity index (χ1v) is 4.87. The summed E-state index contributed by atoms with van der Waals surface area (Å²) in [6.07, 6.45) is 0. The zero-order valence-corrected chi connectivity index (χ0v) is 8.92. The molecule has 0 saturated carbocycles. The van der Waals surface area contributed by atoms with Gasteiger partial charge in [-0.25, -0.2) is 4.79 Å². The molecule has 78 valence electrons. The van der Waals surface area contributed by atoms with Crippen molar-refractivity contribution in [3.63, 3.8) is 0 Å². The van der Waals surface area contributed by atoms with E-state index in [2.05, 4.69) is 0 Å². The van der Waals surface area contributed by atoms with E-state index in [4.69, 9.17) is 23.2 Å². The normalized spacial score (nSPS) is 19.2. The largest absolute Gasteiger partial charge is 0.331 e. The lowest BCUT2D eigenvalue weighted by atomic mass is 10.3. The maximum atomic E-state index is 11.4. The van der Waals surface area contributed by atoms with E-state index in [1.54, 1.807) is 30.3 Å². The minimum absolute atomic E-state index is 0.464. The number of nitrogens with one attached hydrogen (secondary N) is 1. The van der Waals surface area contributed by atoms with Crippen LogP contribution in [-0.4, -0.2) is 16.4 Å². The van der Waals surface area contributed by atoms with Crippen molar-refractivity contribution in [3.8, 4) is 0 Å². The minimum atomic E-state index is -1.88. The lowest BCUT2D eigenvalue weighted by Crippen LogP contribution is -2.39. The van der Waals surface area contributed by atoms with E-state index in [0.717, 1.165) is 4.90 Å². The molecule has 1 heterocycles. The number of amides is 3. The molecular formula is C9H6Cl2N2O2. The topological polar surface area (TPSA) is 49.4 Å². The van der Waals surface area contributed by atoms with E-state index in [1.807, 2.05) is 5.32 Å². The van der Waals surface area contributed by atoms with Crippen LogP contribution in [0.2, 0.25) is 0 Å². The monoisotopic (exact) mass is 244 g/mol. The number of alkyl halides is 2. The number of carbonyl (C=O) groups is 2. The second-order valence-electron chi connectivity index (χ2n) is 2.97. The van der Waals surface area contributed by atoms with Crippen LogP contribution in [0.5, 0.6) is 0 Å². The molecule has 0 bridgehead atoms. The molecule has 1 aromatic rings. The Kier molecular flexibility index (Phi) is 2.32. The van der Waals surface area contributed by atoms with Crippen LogP contribution in [0.1, 0.15) is 0 Å². The number of imide groups is 1.